The van der Waals surface area contributed by atoms with Crippen LogP contribution in [0.25, 0.3) is 17.4 Å². The van der Waals surface area contributed by atoms with Crippen LogP contribution in [0.2, 0.25) is 5.02 Å². The molecule has 1 saturated heterocycles. The normalized spacial score (nSPS) is 15.2. The molecule has 0 radical (unpaired) electrons. The lowest BCUT2D eigenvalue weighted by Crippen LogP contribution is -2.54. The van der Waals surface area contributed by atoms with E-state index in [1.165, 1.54) is 29.2 Å². The fourth-order valence-corrected chi connectivity index (χ4v) is 3.98. The van der Waals surface area contributed by atoms with E-state index in [1.807, 2.05) is 12.1 Å². The van der Waals surface area contributed by atoms with E-state index in [0.717, 1.165) is 5.56 Å². The third-order valence-electron chi connectivity index (χ3n) is 5.26. The van der Waals surface area contributed by atoms with Crippen molar-refractivity contribution in [3.05, 3.63) is 86.6 Å². The highest BCUT2D eigenvalue weighted by molar-refractivity contribution is 7.80. The van der Waals surface area contributed by atoms with E-state index < -0.39 is 16.7 Å². The molecule has 10 heteroatoms. The minimum absolute atomic E-state index is 0.0118. The molecular weight excluding hydrogens is 478 g/mol. The fourth-order valence-electron chi connectivity index (χ4n) is 3.44. The van der Waals surface area contributed by atoms with Crippen LogP contribution in [0, 0.1) is 10.1 Å². The predicted octanol–water partition coefficient (Wildman–Crippen LogP) is 5.46. The number of nitro groups is 1. The van der Waals surface area contributed by atoms with Gasteiger partial charge in [0.2, 0.25) is 0 Å². The summed E-state index contributed by atoms with van der Waals surface area (Å²) in [7, 11) is 0. The van der Waals surface area contributed by atoms with Gasteiger partial charge in [0.1, 0.15) is 17.1 Å². The summed E-state index contributed by atoms with van der Waals surface area (Å²) in [6.07, 6.45) is 1.32. The Hall–Kier alpha value is -3.82. The molecule has 34 heavy (non-hydrogen) atoms. The lowest BCUT2D eigenvalue weighted by Gasteiger charge is -2.29. The van der Waals surface area contributed by atoms with Gasteiger partial charge in [0.25, 0.3) is 17.5 Å². The highest BCUT2D eigenvalue weighted by atomic mass is 35.5. The number of halogens is 1. The first-order valence-corrected chi connectivity index (χ1v) is 11.0. The minimum Gasteiger partial charge on any atom is -0.457 e. The number of carbonyl (C=O) groups is 2. The first kappa shape index (κ1) is 23.3. The van der Waals surface area contributed by atoms with E-state index in [1.54, 1.807) is 24.3 Å². The summed E-state index contributed by atoms with van der Waals surface area (Å²) in [5.74, 6) is -0.350. The number of furan rings is 1. The van der Waals surface area contributed by atoms with Crippen LogP contribution in [0.15, 0.2) is 64.6 Å². The molecule has 0 unspecified atom stereocenters. The van der Waals surface area contributed by atoms with Crippen LogP contribution >= 0.6 is 23.8 Å². The van der Waals surface area contributed by atoms with Gasteiger partial charge in [-0.25, -0.2) is 0 Å². The number of carbonyl (C=O) groups excluding carboxylic acids is 2. The van der Waals surface area contributed by atoms with Crippen molar-refractivity contribution in [1.29, 1.82) is 0 Å². The van der Waals surface area contributed by atoms with Gasteiger partial charge in [-0.05, 0) is 60.1 Å². The van der Waals surface area contributed by atoms with Crippen molar-refractivity contribution in [2.75, 3.05) is 4.90 Å². The van der Waals surface area contributed by atoms with Crippen molar-refractivity contribution in [1.82, 2.24) is 5.32 Å². The van der Waals surface area contributed by atoms with Gasteiger partial charge in [0.15, 0.2) is 5.11 Å². The maximum atomic E-state index is 13.2. The van der Waals surface area contributed by atoms with E-state index in [-0.39, 0.29) is 27.2 Å². The summed E-state index contributed by atoms with van der Waals surface area (Å²) >= 11 is 11.4. The molecule has 2 amide bonds. The molecule has 0 aliphatic carbocycles. The van der Waals surface area contributed by atoms with E-state index >= 15 is 0 Å². The molecule has 0 saturated carbocycles. The number of nitro benzene ring substituents is 1. The zero-order valence-electron chi connectivity index (χ0n) is 18.1. The molecule has 2 heterocycles. The Labute approximate surface area is 205 Å². The molecule has 1 aromatic heterocycles. The summed E-state index contributed by atoms with van der Waals surface area (Å²) in [5.41, 5.74) is 1.77. The zero-order valence-corrected chi connectivity index (χ0v) is 19.6. The number of benzene rings is 2. The van der Waals surface area contributed by atoms with Crippen LogP contribution in [0.4, 0.5) is 11.4 Å². The van der Waals surface area contributed by atoms with Crippen molar-refractivity contribution < 1.29 is 18.9 Å². The Bertz CT molecular complexity index is 1360. The molecule has 1 aliphatic heterocycles. The van der Waals surface area contributed by atoms with Gasteiger partial charge in [-0.2, -0.15) is 0 Å². The van der Waals surface area contributed by atoms with Gasteiger partial charge in [-0.15, -0.1) is 0 Å². The molecule has 1 aliphatic rings. The summed E-state index contributed by atoms with van der Waals surface area (Å²) in [5, 5.41) is 13.6. The molecule has 172 valence electrons. The van der Waals surface area contributed by atoms with Crippen LogP contribution in [-0.2, 0) is 9.59 Å². The Morgan fingerprint density at radius 3 is 2.44 bits per heavy atom. The number of thiocarbonyl (C=S) groups is 1. The van der Waals surface area contributed by atoms with Crippen LogP contribution < -0.4 is 10.2 Å². The van der Waals surface area contributed by atoms with Gasteiger partial charge in [-0.3, -0.25) is 29.9 Å². The maximum Gasteiger partial charge on any atom is 0.270 e. The third-order valence-corrected chi connectivity index (χ3v) is 5.86. The zero-order chi connectivity index (χ0) is 24.6. The van der Waals surface area contributed by atoms with E-state index in [9.17, 15) is 19.7 Å². The second kappa shape index (κ2) is 9.20. The van der Waals surface area contributed by atoms with E-state index in [4.69, 9.17) is 28.2 Å². The lowest BCUT2D eigenvalue weighted by molar-refractivity contribution is -0.384. The molecule has 0 atom stereocenters. The van der Waals surface area contributed by atoms with Crippen LogP contribution in [-0.4, -0.2) is 21.9 Å². The maximum absolute atomic E-state index is 13.2. The van der Waals surface area contributed by atoms with Crippen LogP contribution in [0.3, 0.4) is 0 Å². The molecule has 0 bridgehead atoms. The van der Waals surface area contributed by atoms with Gasteiger partial charge in [0.05, 0.1) is 15.6 Å². The molecule has 1 N–H and O–H groups in total. The second-order valence-electron chi connectivity index (χ2n) is 7.83. The average molecular weight is 496 g/mol. The topological polar surface area (TPSA) is 106 Å². The third kappa shape index (κ3) is 4.48. The van der Waals surface area contributed by atoms with Crippen molar-refractivity contribution >= 4 is 58.2 Å². The van der Waals surface area contributed by atoms with Gasteiger partial charge < -0.3 is 4.42 Å². The van der Waals surface area contributed by atoms with Crippen LogP contribution in [0.5, 0.6) is 0 Å². The molecule has 1 fully saturated rings. The fraction of sp³-hybridized carbons (Fsp3) is 0.125. The number of amides is 2. The van der Waals surface area contributed by atoms with E-state index in [0.29, 0.717) is 22.9 Å². The highest BCUT2D eigenvalue weighted by Crippen LogP contribution is 2.33. The van der Waals surface area contributed by atoms with Crippen molar-refractivity contribution in [2.24, 2.45) is 0 Å². The second-order valence-corrected chi connectivity index (χ2v) is 8.62. The lowest BCUT2D eigenvalue weighted by atomic mass is 10.0. The Balaban J connectivity index is 1.64. The first-order valence-electron chi connectivity index (χ1n) is 10.2. The number of hydrogen-bond acceptors (Lipinski definition) is 6. The van der Waals surface area contributed by atoms with Crippen molar-refractivity contribution in [2.45, 2.75) is 19.8 Å². The molecular formula is C24H18ClN3O5S. The molecule has 8 nitrogen and oxygen atoms in total. The Kier molecular flexibility index (Phi) is 6.32. The molecule has 4 rings (SSSR count). The standard InChI is InChI=1S/C24H18ClN3O5S/c1-13(2)14-3-5-15(6-4-14)27-23(30)19(22(29)26-24(27)34)12-17-8-10-21(33-17)18-9-7-16(28(31)32)11-20(18)25/h3-13H,1-2H3,(H,26,29,34)/b19-12+. The quantitative estimate of drug-likeness (QED) is 0.165. The molecule has 2 aromatic carbocycles. The number of nitrogens with zero attached hydrogens (tertiary/aromatic N) is 2. The number of anilines is 1. The van der Waals surface area contributed by atoms with E-state index in [2.05, 4.69) is 19.2 Å². The van der Waals surface area contributed by atoms with Crippen molar-refractivity contribution in [3.63, 3.8) is 0 Å². The number of nitrogens with one attached hydrogen (secondary N) is 1. The van der Waals surface area contributed by atoms with Gasteiger partial charge >= 0.3 is 0 Å². The minimum atomic E-state index is -0.642. The molecule has 3 aromatic rings. The van der Waals surface area contributed by atoms with Gasteiger partial charge in [-0.1, -0.05) is 37.6 Å². The number of non-ortho nitro benzene ring substituents is 1. The molecule has 0 spiro atoms. The highest BCUT2D eigenvalue weighted by Gasteiger charge is 2.34. The predicted molar refractivity (Wildman–Crippen MR) is 133 cm³/mol. The summed E-state index contributed by atoms with van der Waals surface area (Å²) in [6.45, 7) is 4.13. The van der Waals surface area contributed by atoms with Gasteiger partial charge in [0, 0.05) is 17.7 Å². The Morgan fingerprint density at radius 2 is 1.82 bits per heavy atom. The smallest absolute Gasteiger partial charge is 0.270 e. The van der Waals surface area contributed by atoms with Crippen molar-refractivity contribution in [3.8, 4) is 11.3 Å². The monoisotopic (exact) mass is 495 g/mol. The summed E-state index contributed by atoms with van der Waals surface area (Å²) < 4.78 is 5.75. The van der Waals surface area contributed by atoms with Crippen LogP contribution in [0.1, 0.15) is 31.1 Å². The largest absolute Gasteiger partial charge is 0.457 e. The SMILES string of the molecule is CC(C)c1ccc(N2C(=O)/C(=C/c3ccc(-c4ccc([N+](=O)[O-])cc4Cl)o3)C(=O)NC2=S)cc1. The number of hydrogen-bond donors (Lipinski definition) is 1. The Morgan fingerprint density at radius 1 is 1.12 bits per heavy atom. The first-order chi connectivity index (χ1) is 16.2. The summed E-state index contributed by atoms with van der Waals surface area (Å²) in [4.78, 5) is 37.3. The average Bonchev–Trinajstić information content (AvgIpc) is 3.25. The number of rotatable bonds is 5. The summed E-state index contributed by atoms with van der Waals surface area (Å²) in [6, 6.07) is 14.5.